The Morgan fingerprint density at radius 1 is 1.45 bits per heavy atom. The van der Waals surface area contributed by atoms with Gasteiger partial charge in [-0.1, -0.05) is 6.07 Å². The molecule has 0 aromatic heterocycles. The van der Waals surface area contributed by atoms with Crippen LogP contribution in [0.3, 0.4) is 0 Å². The molecule has 0 saturated heterocycles. The fraction of sp³-hybridized carbons (Fsp3) is 0.143. The molecule has 0 aliphatic heterocycles. The summed E-state index contributed by atoms with van der Waals surface area (Å²) >= 11 is 0. The van der Waals surface area contributed by atoms with Crippen molar-refractivity contribution in [2.45, 2.75) is 6.92 Å². The molecule has 1 rings (SSSR count). The molecule has 0 N–H and O–H groups in total. The first-order valence-corrected chi connectivity index (χ1v) is 3.04. The van der Waals surface area contributed by atoms with E-state index in [4.69, 9.17) is 0 Å². The smallest absolute Gasteiger partial charge is 0.276 e. The van der Waals surface area contributed by atoms with Gasteiger partial charge >= 0.3 is 0 Å². The third-order valence-electron chi connectivity index (χ3n) is 1.45. The summed E-state index contributed by atoms with van der Waals surface area (Å²) in [6.45, 7) is 1.44. The normalized spacial score (nSPS) is 9.55. The van der Waals surface area contributed by atoms with Gasteiger partial charge in [0.15, 0.2) is 5.75 Å². The molecular weight excluding hydrogens is 146 g/mol. The topological polar surface area (TPSA) is 63.0 Å². The molecule has 4 heteroatoms. The number of rotatable bonds is 1. The van der Waals surface area contributed by atoms with Crippen molar-refractivity contribution < 1.29 is 10.0 Å². The maximum Gasteiger partial charge on any atom is 0.276 e. The molecule has 4 nitrogen and oxygen atoms in total. The fourth-order valence-corrected chi connectivity index (χ4v) is 0.801. The standard InChI is InChI=1S/C7H6NO3/c1-5-6(8(10)11)3-2-4-7(5)9/h2-4H,1H3. The average molecular weight is 152 g/mol. The van der Waals surface area contributed by atoms with Crippen molar-refractivity contribution in [2.24, 2.45) is 0 Å². The van der Waals surface area contributed by atoms with Crippen molar-refractivity contribution in [2.75, 3.05) is 0 Å². The van der Waals surface area contributed by atoms with Crippen molar-refractivity contribution in [1.82, 2.24) is 0 Å². The van der Waals surface area contributed by atoms with Crippen molar-refractivity contribution >= 4 is 5.69 Å². The predicted octanol–water partition coefficient (Wildman–Crippen LogP) is 2.05. The highest BCUT2D eigenvalue weighted by atomic mass is 16.6. The lowest BCUT2D eigenvalue weighted by Crippen LogP contribution is -1.90. The Morgan fingerprint density at radius 2 is 2.09 bits per heavy atom. The molecule has 0 heterocycles. The Bertz CT molecular complexity index is 296. The van der Waals surface area contributed by atoms with E-state index in [2.05, 4.69) is 0 Å². The number of nitrogens with zero attached hydrogens (tertiary/aromatic N) is 1. The van der Waals surface area contributed by atoms with Crippen LogP contribution in [-0.2, 0) is 5.11 Å². The zero-order chi connectivity index (χ0) is 8.43. The number of benzene rings is 1. The first-order valence-electron chi connectivity index (χ1n) is 3.04. The van der Waals surface area contributed by atoms with Crippen LogP contribution < -0.4 is 0 Å². The van der Waals surface area contributed by atoms with Gasteiger partial charge in [-0.2, -0.15) is 0 Å². The minimum Gasteiger partial charge on any atom is -0.289 e. The Kier molecular flexibility index (Phi) is 1.76. The second-order valence-electron chi connectivity index (χ2n) is 2.16. The molecule has 0 bridgehead atoms. The third-order valence-corrected chi connectivity index (χ3v) is 1.45. The lowest BCUT2D eigenvalue weighted by molar-refractivity contribution is -0.385. The van der Waals surface area contributed by atoms with E-state index in [9.17, 15) is 15.2 Å². The highest BCUT2D eigenvalue weighted by molar-refractivity contribution is 5.47. The maximum absolute atomic E-state index is 10.8. The van der Waals surface area contributed by atoms with Gasteiger partial charge in [-0.3, -0.25) is 15.2 Å². The summed E-state index contributed by atoms with van der Waals surface area (Å²) in [6.07, 6.45) is 0. The Balaban J connectivity index is 3.27. The SMILES string of the molecule is Cc1c([O])cccc1[N+](=O)[O-]. The van der Waals surface area contributed by atoms with Gasteiger partial charge in [0.1, 0.15) is 0 Å². The molecule has 0 saturated carbocycles. The van der Waals surface area contributed by atoms with E-state index >= 15 is 0 Å². The molecule has 1 radical (unpaired) electrons. The highest BCUT2D eigenvalue weighted by Gasteiger charge is 2.12. The summed E-state index contributed by atoms with van der Waals surface area (Å²) in [7, 11) is 0. The second-order valence-corrected chi connectivity index (χ2v) is 2.16. The molecule has 57 valence electrons. The minimum absolute atomic E-state index is 0.113. The second kappa shape index (κ2) is 2.57. The van der Waals surface area contributed by atoms with E-state index in [1.807, 2.05) is 0 Å². The van der Waals surface area contributed by atoms with E-state index in [0.717, 1.165) is 0 Å². The number of nitro groups is 1. The van der Waals surface area contributed by atoms with Crippen molar-refractivity contribution in [3.63, 3.8) is 0 Å². The number of hydrogen-bond acceptors (Lipinski definition) is 2. The molecule has 1 aromatic rings. The zero-order valence-corrected chi connectivity index (χ0v) is 5.90. The average Bonchev–Trinajstić information content (AvgIpc) is 1.94. The summed E-state index contributed by atoms with van der Waals surface area (Å²) in [4.78, 5) is 9.68. The van der Waals surface area contributed by atoms with Crippen LogP contribution in [-0.4, -0.2) is 4.92 Å². The summed E-state index contributed by atoms with van der Waals surface area (Å²) in [6, 6.07) is 4.01. The highest BCUT2D eigenvalue weighted by Crippen LogP contribution is 2.25. The molecule has 0 fully saturated rings. The monoisotopic (exact) mass is 152 g/mol. The van der Waals surface area contributed by atoms with Gasteiger partial charge in [0.2, 0.25) is 0 Å². The van der Waals surface area contributed by atoms with Crippen LogP contribution in [0.2, 0.25) is 0 Å². The molecule has 0 amide bonds. The van der Waals surface area contributed by atoms with Crippen LogP contribution in [0.5, 0.6) is 5.75 Å². The van der Waals surface area contributed by atoms with Crippen LogP contribution >= 0.6 is 0 Å². The van der Waals surface area contributed by atoms with Crippen LogP contribution in [0.4, 0.5) is 5.69 Å². The van der Waals surface area contributed by atoms with E-state index in [1.54, 1.807) is 0 Å². The molecule has 11 heavy (non-hydrogen) atoms. The lowest BCUT2D eigenvalue weighted by atomic mass is 10.2. The predicted molar refractivity (Wildman–Crippen MR) is 38.0 cm³/mol. The molecule has 0 atom stereocenters. The molecule has 1 aromatic carbocycles. The van der Waals surface area contributed by atoms with Crippen LogP contribution in [0.25, 0.3) is 0 Å². The van der Waals surface area contributed by atoms with Crippen molar-refractivity contribution in [3.8, 4) is 5.75 Å². The third kappa shape index (κ3) is 1.29. The van der Waals surface area contributed by atoms with Gasteiger partial charge in [-0.25, -0.2) is 0 Å². The first-order chi connectivity index (χ1) is 5.13. The van der Waals surface area contributed by atoms with E-state index in [-0.39, 0.29) is 17.0 Å². The molecule has 0 aliphatic rings. The summed E-state index contributed by atoms with van der Waals surface area (Å²) in [5.74, 6) is -0.292. The molecule has 0 spiro atoms. The van der Waals surface area contributed by atoms with Gasteiger partial charge in [0.05, 0.1) is 10.5 Å². The van der Waals surface area contributed by atoms with Crippen LogP contribution in [0.1, 0.15) is 5.56 Å². The quantitative estimate of drug-likeness (QED) is 0.456. The van der Waals surface area contributed by atoms with Gasteiger partial charge in [0.25, 0.3) is 5.69 Å². The fourth-order valence-electron chi connectivity index (χ4n) is 0.801. The van der Waals surface area contributed by atoms with Gasteiger partial charge < -0.3 is 0 Å². The zero-order valence-electron chi connectivity index (χ0n) is 5.90. The van der Waals surface area contributed by atoms with Crippen LogP contribution in [0, 0.1) is 17.0 Å². The van der Waals surface area contributed by atoms with Crippen LogP contribution in [0.15, 0.2) is 18.2 Å². The Hall–Kier alpha value is -1.58. The Morgan fingerprint density at radius 3 is 2.55 bits per heavy atom. The number of nitro benzene ring substituents is 1. The maximum atomic E-state index is 10.8. The van der Waals surface area contributed by atoms with Gasteiger partial charge in [-0.15, -0.1) is 0 Å². The molecule has 0 unspecified atom stereocenters. The van der Waals surface area contributed by atoms with Crippen molar-refractivity contribution in [3.05, 3.63) is 33.9 Å². The van der Waals surface area contributed by atoms with E-state index in [0.29, 0.717) is 0 Å². The van der Waals surface area contributed by atoms with Crippen molar-refractivity contribution in [1.29, 1.82) is 0 Å². The summed E-state index contributed by atoms with van der Waals surface area (Å²) in [5, 5.41) is 21.1. The molecule has 0 aliphatic carbocycles. The largest absolute Gasteiger partial charge is 0.289 e. The number of hydrogen-bond donors (Lipinski definition) is 0. The van der Waals surface area contributed by atoms with Gasteiger partial charge in [-0.05, 0) is 13.0 Å². The van der Waals surface area contributed by atoms with E-state index in [1.165, 1.54) is 25.1 Å². The first kappa shape index (κ1) is 7.53. The summed E-state index contributed by atoms with van der Waals surface area (Å²) < 4.78 is 0. The lowest BCUT2D eigenvalue weighted by Gasteiger charge is -1.95. The van der Waals surface area contributed by atoms with E-state index < -0.39 is 4.92 Å². The van der Waals surface area contributed by atoms with Gasteiger partial charge in [0, 0.05) is 6.07 Å². The summed E-state index contributed by atoms with van der Waals surface area (Å²) in [5.41, 5.74) is 0.0787. The molecular formula is C7H6NO3. The Labute approximate surface area is 63.2 Å². The minimum atomic E-state index is -0.559.